The van der Waals surface area contributed by atoms with Gasteiger partial charge in [0.25, 0.3) is 0 Å². The Bertz CT molecular complexity index is 659. The number of hydrogen-bond donors (Lipinski definition) is 1. The lowest BCUT2D eigenvalue weighted by Crippen LogP contribution is -1.97. The molecule has 0 fully saturated rings. The second-order valence-electron chi connectivity index (χ2n) is 4.81. The molecule has 2 aromatic carbocycles. The summed E-state index contributed by atoms with van der Waals surface area (Å²) in [7, 11) is 0. The molecular formula is C16H14O3. The van der Waals surface area contributed by atoms with Gasteiger partial charge in [-0.3, -0.25) is 0 Å². The molecule has 0 amide bonds. The van der Waals surface area contributed by atoms with Crippen LogP contribution in [-0.4, -0.2) is 11.1 Å². The lowest BCUT2D eigenvalue weighted by molar-refractivity contribution is 0.0697. The Morgan fingerprint density at radius 3 is 2.68 bits per heavy atom. The van der Waals surface area contributed by atoms with Gasteiger partial charge in [-0.2, -0.15) is 0 Å². The van der Waals surface area contributed by atoms with Crippen LogP contribution in [0.3, 0.4) is 0 Å². The standard InChI is InChI=1S/C16H14O3/c1-10-2-3-12(16(17)18)7-15(10)11-4-5-13-8-19-9-14(13)6-11/h2-7H,8-9H2,1H3,(H,17,18). The molecule has 96 valence electrons. The molecule has 0 aliphatic carbocycles. The zero-order valence-electron chi connectivity index (χ0n) is 10.6. The van der Waals surface area contributed by atoms with E-state index in [1.165, 1.54) is 11.1 Å². The molecule has 1 aliphatic rings. The van der Waals surface area contributed by atoms with Crippen molar-refractivity contribution in [1.29, 1.82) is 0 Å². The van der Waals surface area contributed by atoms with Gasteiger partial charge in [0.1, 0.15) is 0 Å². The van der Waals surface area contributed by atoms with Gasteiger partial charge in [-0.05, 0) is 52.9 Å². The zero-order chi connectivity index (χ0) is 13.4. The fraction of sp³-hybridized carbons (Fsp3) is 0.188. The zero-order valence-corrected chi connectivity index (χ0v) is 10.6. The second-order valence-corrected chi connectivity index (χ2v) is 4.81. The van der Waals surface area contributed by atoms with Crippen LogP contribution in [0.1, 0.15) is 27.0 Å². The van der Waals surface area contributed by atoms with Gasteiger partial charge >= 0.3 is 5.97 Å². The van der Waals surface area contributed by atoms with Crippen molar-refractivity contribution >= 4 is 5.97 Å². The first-order chi connectivity index (χ1) is 9.15. The number of fused-ring (bicyclic) bond motifs is 1. The van der Waals surface area contributed by atoms with Crippen molar-refractivity contribution in [3.63, 3.8) is 0 Å². The molecule has 1 heterocycles. The number of benzene rings is 2. The molecule has 3 nitrogen and oxygen atoms in total. The molecule has 3 heteroatoms. The summed E-state index contributed by atoms with van der Waals surface area (Å²) >= 11 is 0. The van der Waals surface area contributed by atoms with Gasteiger partial charge in [0.2, 0.25) is 0 Å². The maximum atomic E-state index is 11.1. The molecular weight excluding hydrogens is 240 g/mol. The monoisotopic (exact) mass is 254 g/mol. The van der Waals surface area contributed by atoms with E-state index in [-0.39, 0.29) is 0 Å². The molecule has 0 atom stereocenters. The summed E-state index contributed by atoms with van der Waals surface area (Å²) in [6.45, 7) is 3.30. The van der Waals surface area contributed by atoms with E-state index < -0.39 is 5.97 Å². The molecule has 0 spiro atoms. The summed E-state index contributed by atoms with van der Waals surface area (Å²) in [5.41, 5.74) is 5.81. The highest BCUT2D eigenvalue weighted by Gasteiger charge is 2.13. The number of rotatable bonds is 2. The molecule has 0 bridgehead atoms. The molecule has 0 aromatic heterocycles. The van der Waals surface area contributed by atoms with E-state index in [2.05, 4.69) is 12.1 Å². The lowest BCUT2D eigenvalue weighted by Gasteiger charge is -2.09. The van der Waals surface area contributed by atoms with Crippen LogP contribution in [0.5, 0.6) is 0 Å². The van der Waals surface area contributed by atoms with Gasteiger partial charge in [0, 0.05) is 0 Å². The summed E-state index contributed by atoms with van der Waals surface area (Å²) in [4.78, 5) is 11.1. The molecule has 2 aromatic rings. The average Bonchev–Trinajstić information content (AvgIpc) is 2.86. The summed E-state index contributed by atoms with van der Waals surface area (Å²) in [5, 5.41) is 9.08. The summed E-state index contributed by atoms with van der Waals surface area (Å²) < 4.78 is 5.40. The van der Waals surface area contributed by atoms with Crippen molar-refractivity contribution in [2.75, 3.05) is 0 Å². The van der Waals surface area contributed by atoms with Crippen molar-refractivity contribution < 1.29 is 14.6 Å². The summed E-state index contributed by atoms with van der Waals surface area (Å²) in [6.07, 6.45) is 0. The normalized spacial score (nSPS) is 13.3. The number of aromatic carboxylic acids is 1. The Labute approximate surface area is 111 Å². The Hall–Kier alpha value is -2.13. The van der Waals surface area contributed by atoms with Crippen LogP contribution >= 0.6 is 0 Å². The van der Waals surface area contributed by atoms with Crippen LogP contribution in [0.4, 0.5) is 0 Å². The number of hydrogen-bond acceptors (Lipinski definition) is 2. The van der Waals surface area contributed by atoms with E-state index in [4.69, 9.17) is 9.84 Å². The maximum Gasteiger partial charge on any atom is 0.335 e. The third kappa shape index (κ3) is 2.13. The quantitative estimate of drug-likeness (QED) is 0.893. The highest BCUT2D eigenvalue weighted by Crippen LogP contribution is 2.29. The van der Waals surface area contributed by atoms with E-state index in [1.807, 2.05) is 19.1 Å². The summed E-state index contributed by atoms with van der Waals surface area (Å²) in [6, 6.07) is 11.4. The van der Waals surface area contributed by atoms with Crippen LogP contribution in [0, 0.1) is 6.92 Å². The van der Waals surface area contributed by atoms with Gasteiger partial charge in [-0.1, -0.05) is 18.2 Å². The molecule has 0 radical (unpaired) electrons. The van der Waals surface area contributed by atoms with Crippen molar-refractivity contribution in [2.24, 2.45) is 0 Å². The van der Waals surface area contributed by atoms with Gasteiger partial charge in [0.05, 0.1) is 18.8 Å². The molecule has 3 rings (SSSR count). The van der Waals surface area contributed by atoms with Crippen LogP contribution in [0.25, 0.3) is 11.1 Å². The third-order valence-electron chi connectivity index (χ3n) is 3.52. The fourth-order valence-corrected chi connectivity index (χ4v) is 2.41. The SMILES string of the molecule is Cc1ccc(C(=O)O)cc1-c1ccc2c(c1)COC2. The Morgan fingerprint density at radius 1 is 1.11 bits per heavy atom. The van der Waals surface area contributed by atoms with E-state index in [0.29, 0.717) is 18.8 Å². The van der Waals surface area contributed by atoms with Gasteiger partial charge in [-0.25, -0.2) is 4.79 Å². The van der Waals surface area contributed by atoms with E-state index in [9.17, 15) is 4.79 Å². The molecule has 1 aliphatic heterocycles. The highest BCUT2D eigenvalue weighted by atomic mass is 16.5. The largest absolute Gasteiger partial charge is 0.478 e. The average molecular weight is 254 g/mol. The summed E-state index contributed by atoms with van der Waals surface area (Å²) in [5.74, 6) is -0.897. The molecule has 19 heavy (non-hydrogen) atoms. The Balaban J connectivity index is 2.11. The van der Waals surface area contributed by atoms with E-state index >= 15 is 0 Å². The molecule has 0 saturated heterocycles. The number of ether oxygens (including phenoxy) is 1. The van der Waals surface area contributed by atoms with E-state index in [0.717, 1.165) is 16.7 Å². The van der Waals surface area contributed by atoms with Crippen molar-refractivity contribution in [1.82, 2.24) is 0 Å². The maximum absolute atomic E-state index is 11.1. The number of carboxylic acids is 1. The topological polar surface area (TPSA) is 46.5 Å². The third-order valence-corrected chi connectivity index (χ3v) is 3.52. The highest BCUT2D eigenvalue weighted by molar-refractivity contribution is 5.90. The van der Waals surface area contributed by atoms with Crippen molar-refractivity contribution in [3.8, 4) is 11.1 Å². The minimum absolute atomic E-state index is 0.317. The smallest absolute Gasteiger partial charge is 0.335 e. The van der Waals surface area contributed by atoms with Crippen molar-refractivity contribution in [3.05, 3.63) is 58.7 Å². The number of aryl methyl sites for hydroxylation is 1. The molecule has 0 saturated carbocycles. The minimum atomic E-state index is -0.897. The number of carboxylic acid groups (broad SMARTS) is 1. The molecule has 1 N–H and O–H groups in total. The fourth-order valence-electron chi connectivity index (χ4n) is 2.41. The predicted molar refractivity (Wildman–Crippen MR) is 72.1 cm³/mol. The van der Waals surface area contributed by atoms with Crippen LogP contribution < -0.4 is 0 Å². The number of carbonyl (C=O) groups is 1. The lowest BCUT2D eigenvalue weighted by atomic mass is 9.95. The van der Waals surface area contributed by atoms with Crippen LogP contribution in [-0.2, 0) is 18.0 Å². The molecule has 0 unspecified atom stereocenters. The van der Waals surface area contributed by atoms with Gasteiger partial charge < -0.3 is 9.84 Å². The first-order valence-electron chi connectivity index (χ1n) is 6.19. The Morgan fingerprint density at radius 2 is 1.89 bits per heavy atom. The van der Waals surface area contributed by atoms with Gasteiger partial charge in [-0.15, -0.1) is 0 Å². The van der Waals surface area contributed by atoms with Gasteiger partial charge in [0.15, 0.2) is 0 Å². The first kappa shape index (κ1) is 11.9. The van der Waals surface area contributed by atoms with Crippen LogP contribution in [0.2, 0.25) is 0 Å². The minimum Gasteiger partial charge on any atom is -0.478 e. The first-order valence-corrected chi connectivity index (χ1v) is 6.19. The van der Waals surface area contributed by atoms with Crippen LogP contribution in [0.15, 0.2) is 36.4 Å². The Kier molecular flexibility index (Phi) is 2.84. The van der Waals surface area contributed by atoms with E-state index in [1.54, 1.807) is 12.1 Å². The van der Waals surface area contributed by atoms with Crippen molar-refractivity contribution in [2.45, 2.75) is 20.1 Å². The predicted octanol–water partition coefficient (Wildman–Crippen LogP) is 3.39. The second kappa shape index (κ2) is 4.52.